The summed E-state index contributed by atoms with van der Waals surface area (Å²) in [6, 6.07) is 11.6. The number of piperidine rings is 1. The summed E-state index contributed by atoms with van der Waals surface area (Å²) >= 11 is 1.47. The van der Waals surface area contributed by atoms with Crippen LogP contribution in [0, 0.1) is 5.92 Å². The van der Waals surface area contributed by atoms with Crippen LogP contribution in [0.5, 0.6) is 0 Å². The lowest BCUT2D eigenvalue weighted by atomic mass is 9.97. The summed E-state index contributed by atoms with van der Waals surface area (Å²) in [5.74, 6) is 0.615. The van der Waals surface area contributed by atoms with Gasteiger partial charge >= 0.3 is 0 Å². The minimum Gasteiger partial charge on any atom is -0.351 e. The highest BCUT2D eigenvalue weighted by molar-refractivity contribution is 7.12. The molecule has 0 unspecified atom stereocenters. The molecule has 5 heteroatoms. The van der Waals surface area contributed by atoms with Crippen LogP contribution in [0.3, 0.4) is 0 Å². The smallest absolute Gasteiger partial charge is 0.261 e. The molecule has 1 aliphatic heterocycles. The molecule has 0 radical (unpaired) electrons. The molecule has 1 aliphatic rings. The number of nitrogens with zero attached hydrogens (tertiary/aromatic N) is 1. The van der Waals surface area contributed by atoms with Crippen molar-refractivity contribution in [2.75, 3.05) is 19.6 Å². The minimum absolute atomic E-state index is 0.0290. The topological polar surface area (TPSA) is 49.4 Å². The Hall–Kier alpha value is -1.98. The van der Waals surface area contributed by atoms with Gasteiger partial charge in [-0.2, -0.15) is 0 Å². The van der Waals surface area contributed by atoms with Gasteiger partial charge in [0, 0.05) is 25.2 Å². The van der Waals surface area contributed by atoms with Crippen molar-refractivity contribution in [2.24, 2.45) is 5.92 Å². The van der Waals surface area contributed by atoms with Gasteiger partial charge < -0.3 is 5.32 Å². The van der Waals surface area contributed by atoms with E-state index in [1.165, 1.54) is 16.9 Å². The van der Waals surface area contributed by atoms with Gasteiger partial charge in [0.1, 0.15) is 0 Å². The molecular formula is C20H24N2O2S. The molecule has 0 saturated carbocycles. The van der Waals surface area contributed by atoms with Gasteiger partial charge in [-0.1, -0.05) is 24.3 Å². The molecule has 0 aliphatic carbocycles. The van der Waals surface area contributed by atoms with E-state index in [1.54, 1.807) is 6.92 Å². The fraction of sp³-hybridized carbons (Fsp3) is 0.400. The average Bonchev–Trinajstić information content (AvgIpc) is 3.15. The highest BCUT2D eigenvalue weighted by Crippen LogP contribution is 2.19. The lowest BCUT2D eigenvalue weighted by Crippen LogP contribution is -2.40. The van der Waals surface area contributed by atoms with Crippen LogP contribution in [0.1, 0.15) is 45.4 Å². The first-order valence-corrected chi connectivity index (χ1v) is 9.63. The second-order valence-corrected chi connectivity index (χ2v) is 7.63. The van der Waals surface area contributed by atoms with Crippen LogP contribution < -0.4 is 5.32 Å². The van der Waals surface area contributed by atoms with Crippen molar-refractivity contribution in [2.45, 2.75) is 26.3 Å². The maximum atomic E-state index is 12.1. The van der Waals surface area contributed by atoms with Gasteiger partial charge in [-0.15, -0.1) is 11.3 Å². The number of rotatable bonds is 6. The summed E-state index contributed by atoms with van der Waals surface area (Å²) < 4.78 is 0. The van der Waals surface area contributed by atoms with Crippen molar-refractivity contribution in [3.63, 3.8) is 0 Å². The zero-order chi connectivity index (χ0) is 17.6. The first kappa shape index (κ1) is 17.8. The zero-order valence-electron chi connectivity index (χ0n) is 14.5. The van der Waals surface area contributed by atoms with Crippen LogP contribution in [0.2, 0.25) is 0 Å². The summed E-state index contributed by atoms with van der Waals surface area (Å²) in [5, 5.41) is 4.99. The second kappa shape index (κ2) is 8.41. The number of hydrogen-bond donors (Lipinski definition) is 1. The lowest BCUT2D eigenvalue weighted by Gasteiger charge is -2.32. The normalized spacial score (nSPS) is 18.0. The number of ketones is 1. The van der Waals surface area contributed by atoms with E-state index in [0.717, 1.165) is 49.5 Å². The van der Waals surface area contributed by atoms with Gasteiger partial charge in [0.2, 0.25) is 0 Å². The van der Waals surface area contributed by atoms with Gasteiger partial charge in [-0.25, -0.2) is 0 Å². The number of Topliss-reactive ketones (excluding diaryl/α,β-unsaturated/α-hetero) is 1. The third-order valence-corrected chi connectivity index (χ3v) is 5.51. The fourth-order valence-corrected chi connectivity index (χ4v) is 3.98. The SMILES string of the molecule is CC(=O)c1cccc(CN2CCC[C@@H](CNC(=O)c3cccs3)C2)c1. The largest absolute Gasteiger partial charge is 0.351 e. The number of carbonyl (C=O) groups is 2. The molecule has 0 spiro atoms. The van der Waals surface area contributed by atoms with Crippen LogP contribution in [-0.4, -0.2) is 36.2 Å². The van der Waals surface area contributed by atoms with Crippen molar-refractivity contribution >= 4 is 23.0 Å². The molecule has 25 heavy (non-hydrogen) atoms. The number of nitrogens with one attached hydrogen (secondary N) is 1. The summed E-state index contributed by atoms with van der Waals surface area (Å²) in [6.07, 6.45) is 2.29. The van der Waals surface area contributed by atoms with Gasteiger partial charge in [-0.3, -0.25) is 14.5 Å². The molecule has 132 valence electrons. The summed E-state index contributed by atoms with van der Waals surface area (Å²) in [7, 11) is 0. The van der Waals surface area contributed by atoms with E-state index < -0.39 is 0 Å². The molecule has 1 saturated heterocycles. The number of benzene rings is 1. The highest BCUT2D eigenvalue weighted by Gasteiger charge is 2.21. The molecule has 2 aromatic rings. The van der Waals surface area contributed by atoms with E-state index in [0.29, 0.717) is 5.92 Å². The van der Waals surface area contributed by atoms with Crippen LogP contribution in [0.25, 0.3) is 0 Å². The third kappa shape index (κ3) is 5.00. The molecule has 1 N–H and O–H groups in total. The van der Waals surface area contributed by atoms with E-state index >= 15 is 0 Å². The lowest BCUT2D eigenvalue weighted by molar-refractivity contribution is 0.0934. The first-order chi connectivity index (χ1) is 12.1. The summed E-state index contributed by atoms with van der Waals surface area (Å²) in [5.41, 5.74) is 1.95. The number of hydrogen-bond acceptors (Lipinski definition) is 4. The maximum absolute atomic E-state index is 12.1. The van der Waals surface area contributed by atoms with E-state index in [4.69, 9.17) is 0 Å². The number of likely N-dealkylation sites (tertiary alicyclic amines) is 1. The van der Waals surface area contributed by atoms with E-state index in [2.05, 4.69) is 16.3 Å². The Morgan fingerprint density at radius 3 is 2.92 bits per heavy atom. The average molecular weight is 356 g/mol. The molecule has 4 nitrogen and oxygen atoms in total. The highest BCUT2D eigenvalue weighted by atomic mass is 32.1. The van der Waals surface area contributed by atoms with E-state index in [-0.39, 0.29) is 11.7 Å². The number of thiophene rings is 1. The number of carbonyl (C=O) groups excluding carboxylic acids is 2. The zero-order valence-corrected chi connectivity index (χ0v) is 15.3. The first-order valence-electron chi connectivity index (χ1n) is 8.76. The summed E-state index contributed by atoms with van der Waals surface area (Å²) in [6.45, 7) is 5.23. The van der Waals surface area contributed by atoms with E-state index in [1.807, 2.05) is 35.7 Å². The van der Waals surface area contributed by atoms with Crippen molar-refractivity contribution in [3.8, 4) is 0 Å². The molecule has 0 bridgehead atoms. The van der Waals surface area contributed by atoms with Crippen LogP contribution in [0.15, 0.2) is 41.8 Å². The quantitative estimate of drug-likeness (QED) is 0.805. The Labute approximate surface area is 152 Å². The van der Waals surface area contributed by atoms with Crippen LogP contribution in [-0.2, 0) is 6.54 Å². The molecule has 3 rings (SSSR count). The van der Waals surface area contributed by atoms with E-state index in [9.17, 15) is 9.59 Å². The molecule has 2 heterocycles. The molecule has 1 atom stereocenters. The molecule has 1 aromatic heterocycles. The predicted octanol–water partition coefficient (Wildman–Crippen LogP) is 3.59. The molecule has 1 fully saturated rings. The Balaban J connectivity index is 1.52. The van der Waals surface area contributed by atoms with Crippen molar-refractivity contribution < 1.29 is 9.59 Å². The third-order valence-electron chi connectivity index (χ3n) is 4.64. The maximum Gasteiger partial charge on any atom is 0.261 e. The molecule has 1 aromatic carbocycles. The van der Waals surface area contributed by atoms with Crippen molar-refractivity contribution in [1.29, 1.82) is 0 Å². The van der Waals surface area contributed by atoms with Gasteiger partial charge in [0.05, 0.1) is 4.88 Å². The standard InChI is InChI=1S/C20H24N2O2S/c1-15(23)18-7-2-5-16(11-18)13-22-9-3-6-17(14-22)12-21-20(24)19-8-4-10-25-19/h2,4-5,7-8,10-11,17H,3,6,9,12-14H2,1H3,(H,21,24)/t17-/m0/s1. The van der Waals surface area contributed by atoms with Gasteiger partial charge in [-0.05, 0) is 55.3 Å². The fourth-order valence-electron chi connectivity index (χ4n) is 3.34. The van der Waals surface area contributed by atoms with Gasteiger partial charge in [0.25, 0.3) is 5.91 Å². The Kier molecular flexibility index (Phi) is 6.00. The van der Waals surface area contributed by atoms with Crippen molar-refractivity contribution in [3.05, 3.63) is 57.8 Å². The number of amides is 1. The predicted molar refractivity (Wildman–Crippen MR) is 101 cm³/mol. The Morgan fingerprint density at radius 2 is 2.16 bits per heavy atom. The second-order valence-electron chi connectivity index (χ2n) is 6.69. The summed E-state index contributed by atoms with van der Waals surface area (Å²) in [4.78, 5) is 26.8. The Bertz CT molecular complexity index is 727. The van der Waals surface area contributed by atoms with Gasteiger partial charge in [0.15, 0.2) is 5.78 Å². The van der Waals surface area contributed by atoms with Crippen LogP contribution in [0.4, 0.5) is 0 Å². The Morgan fingerprint density at radius 1 is 1.28 bits per heavy atom. The van der Waals surface area contributed by atoms with Crippen LogP contribution >= 0.6 is 11.3 Å². The monoisotopic (exact) mass is 356 g/mol. The minimum atomic E-state index is 0.0290. The van der Waals surface area contributed by atoms with Crippen molar-refractivity contribution in [1.82, 2.24) is 10.2 Å². The molecular weight excluding hydrogens is 332 g/mol. The molecule has 1 amide bonds.